The van der Waals surface area contributed by atoms with Gasteiger partial charge in [0.1, 0.15) is 0 Å². The molecule has 5 aromatic carbocycles. The van der Waals surface area contributed by atoms with Gasteiger partial charge in [0.05, 0.1) is 33.1 Å². The number of hydrogen-bond donors (Lipinski definition) is 0. The summed E-state index contributed by atoms with van der Waals surface area (Å²) in [7, 11) is 0. The molecule has 36 heavy (non-hydrogen) atoms. The van der Waals surface area contributed by atoms with Crippen LogP contribution in [0.15, 0.2) is 115 Å². The van der Waals surface area contributed by atoms with Crippen molar-refractivity contribution < 1.29 is 0 Å². The maximum atomic E-state index is 5.05. The standard InChI is InChI=1S/C32H22N4/c1-21-14-16-22(17-15-21)34-27-10-4-2-8-24(27)25-20-23(18-19-28(25)34)35-30-12-6-7-13-31(30)36-29-11-5-3-9-26(29)33-32(35)36/h2-20H,1H3. The van der Waals surface area contributed by atoms with Gasteiger partial charge < -0.3 is 4.57 Å². The molecule has 0 aliphatic carbocycles. The molecule has 3 aromatic heterocycles. The van der Waals surface area contributed by atoms with Crippen LogP contribution in [0.1, 0.15) is 5.56 Å². The van der Waals surface area contributed by atoms with Crippen LogP contribution >= 0.6 is 0 Å². The van der Waals surface area contributed by atoms with Crippen LogP contribution in [0.2, 0.25) is 0 Å². The van der Waals surface area contributed by atoms with Gasteiger partial charge in [0.25, 0.3) is 0 Å². The molecule has 8 aromatic rings. The molecule has 0 radical (unpaired) electrons. The van der Waals surface area contributed by atoms with E-state index in [-0.39, 0.29) is 0 Å². The predicted molar refractivity (Wildman–Crippen MR) is 149 cm³/mol. The number of aromatic nitrogens is 4. The number of hydrogen-bond acceptors (Lipinski definition) is 1. The molecule has 4 nitrogen and oxygen atoms in total. The topological polar surface area (TPSA) is 27.2 Å². The lowest BCUT2D eigenvalue weighted by molar-refractivity contribution is 1.11. The summed E-state index contributed by atoms with van der Waals surface area (Å²) < 4.78 is 6.91. The van der Waals surface area contributed by atoms with Gasteiger partial charge >= 0.3 is 0 Å². The van der Waals surface area contributed by atoms with Crippen LogP contribution in [-0.4, -0.2) is 18.5 Å². The Morgan fingerprint density at radius 1 is 0.500 bits per heavy atom. The Kier molecular flexibility index (Phi) is 3.84. The van der Waals surface area contributed by atoms with E-state index in [0.717, 1.165) is 33.5 Å². The second-order valence-corrected chi connectivity index (χ2v) is 9.45. The lowest BCUT2D eigenvalue weighted by Gasteiger charge is -2.09. The van der Waals surface area contributed by atoms with E-state index in [1.54, 1.807) is 0 Å². The summed E-state index contributed by atoms with van der Waals surface area (Å²) >= 11 is 0. The summed E-state index contributed by atoms with van der Waals surface area (Å²) in [5, 5.41) is 2.48. The van der Waals surface area contributed by atoms with Gasteiger partial charge in [-0.15, -0.1) is 0 Å². The van der Waals surface area contributed by atoms with Crippen molar-refractivity contribution in [1.29, 1.82) is 0 Å². The molecule has 3 heterocycles. The van der Waals surface area contributed by atoms with Crippen LogP contribution in [0.25, 0.3) is 61.0 Å². The van der Waals surface area contributed by atoms with E-state index >= 15 is 0 Å². The molecule has 170 valence electrons. The third-order valence-corrected chi connectivity index (χ3v) is 7.31. The number of aryl methyl sites for hydroxylation is 1. The minimum Gasteiger partial charge on any atom is -0.309 e. The molecule has 0 bridgehead atoms. The highest BCUT2D eigenvalue weighted by molar-refractivity contribution is 6.10. The summed E-state index contributed by atoms with van der Waals surface area (Å²) in [5.74, 6) is 0.930. The van der Waals surface area contributed by atoms with Gasteiger partial charge in [-0.2, -0.15) is 0 Å². The lowest BCUT2D eigenvalue weighted by atomic mass is 10.1. The minimum atomic E-state index is 0.930. The molecule has 0 fully saturated rings. The molecule has 0 unspecified atom stereocenters. The lowest BCUT2D eigenvalue weighted by Crippen LogP contribution is -1.96. The van der Waals surface area contributed by atoms with E-state index in [1.165, 1.54) is 33.1 Å². The van der Waals surface area contributed by atoms with E-state index < -0.39 is 0 Å². The van der Waals surface area contributed by atoms with Crippen LogP contribution in [-0.2, 0) is 0 Å². The van der Waals surface area contributed by atoms with Gasteiger partial charge in [-0.3, -0.25) is 8.97 Å². The largest absolute Gasteiger partial charge is 0.309 e. The first-order valence-corrected chi connectivity index (χ1v) is 12.3. The predicted octanol–water partition coefficient (Wildman–Crippen LogP) is 7.84. The molecular weight excluding hydrogens is 440 g/mol. The smallest absolute Gasteiger partial charge is 0.220 e. The molecule has 0 saturated carbocycles. The van der Waals surface area contributed by atoms with E-state index in [4.69, 9.17) is 4.98 Å². The first-order chi connectivity index (χ1) is 17.8. The zero-order valence-electron chi connectivity index (χ0n) is 19.8. The van der Waals surface area contributed by atoms with Crippen LogP contribution in [0, 0.1) is 6.92 Å². The van der Waals surface area contributed by atoms with Crippen LogP contribution in [0.3, 0.4) is 0 Å². The Morgan fingerprint density at radius 3 is 1.97 bits per heavy atom. The van der Waals surface area contributed by atoms with Crippen molar-refractivity contribution in [3.63, 3.8) is 0 Å². The fraction of sp³-hybridized carbons (Fsp3) is 0.0312. The van der Waals surface area contributed by atoms with Gasteiger partial charge in [0, 0.05) is 22.1 Å². The van der Waals surface area contributed by atoms with Gasteiger partial charge in [-0.25, -0.2) is 4.98 Å². The molecular formula is C32H22N4. The molecule has 8 rings (SSSR count). The molecule has 0 atom stereocenters. The molecule has 0 saturated heterocycles. The number of nitrogens with zero attached hydrogens (tertiary/aromatic N) is 4. The van der Waals surface area contributed by atoms with Gasteiger partial charge in [0.2, 0.25) is 5.78 Å². The summed E-state index contributed by atoms with van der Waals surface area (Å²) in [6.07, 6.45) is 0. The van der Waals surface area contributed by atoms with Crippen molar-refractivity contribution in [2.45, 2.75) is 6.92 Å². The highest BCUT2D eigenvalue weighted by Crippen LogP contribution is 2.35. The van der Waals surface area contributed by atoms with Crippen molar-refractivity contribution in [1.82, 2.24) is 18.5 Å². The number of benzene rings is 5. The highest BCUT2D eigenvalue weighted by Gasteiger charge is 2.18. The number of rotatable bonds is 2. The summed E-state index contributed by atoms with van der Waals surface area (Å²) in [6.45, 7) is 2.13. The molecule has 0 aliphatic rings. The van der Waals surface area contributed by atoms with Crippen LogP contribution in [0.4, 0.5) is 0 Å². The van der Waals surface area contributed by atoms with E-state index in [0.29, 0.717) is 0 Å². The summed E-state index contributed by atoms with van der Waals surface area (Å²) in [6, 6.07) is 41.1. The molecule has 0 spiro atoms. The first-order valence-electron chi connectivity index (χ1n) is 12.3. The SMILES string of the molecule is Cc1ccc(-n2c3ccccc3c3cc(-n4c5ccccc5n5c6ccccc6nc45)ccc32)cc1. The van der Waals surface area contributed by atoms with Gasteiger partial charge in [-0.05, 0) is 67.6 Å². The Balaban J connectivity index is 1.47. The fourth-order valence-electron chi connectivity index (χ4n) is 5.68. The monoisotopic (exact) mass is 462 g/mol. The second kappa shape index (κ2) is 7.09. The molecule has 0 N–H and O–H groups in total. The Labute approximate surface area is 207 Å². The van der Waals surface area contributed by atoms with E-state index in [9.17, 15) is 0 Å². The third kappa shape index (κ3) is 2.56. The van der Waals surface area contributed by atoms with Crippen molar-refractivity contribution in [2.24, 2.45) is 0 Å². The Hall–Kier alpha value is -4.83. The number of fused-ring (bicyclic) bond motifs is 8. The third-order valence-electron chi connectivity index (χ3n) is 7.31. The second-order valence-electron chi connectivity index (χ2n) is 9.45. The highest BCUT2D eigenvalue weighted by atomic mass is 15.2. The average Bonchev–Trinajstić information content (AvgIpc) is 3.56. The maximum Gasteiger partial charge on any atom is 0.220 e. The molecule has 0 amide bonds. The minimum absolute atomic E-state index is 0.930. The van der Waals surface area contributed by atoms with Crippen molar-refractivity contribution in [3.8, 4) is 11.4 Å². The zero-order valence-corrected chi connectivity index (χ0v) is 19.8. The normalized spacial score (nSPS) is 12.0. The maximum absolute atomic E-state index is 5.05. The van der Waals surface area contributed by atoms with Crippen LogP contribution < -0.4 is 0 Å². The summed E-state index contributed by atoms with van der Waals surface area (Å²) in [5.41, 5.74) is 10.4. The van der Waals surface area contributed by atoms with E-state index in [1.807, 2.05) is 6.07 Å². The fourth-order valence-corrected chi connectivity index (χ4v) is 5.68. The van der Waals surface area contributed by atoms with Crippen molar-refractivity contribution >= 4 is 49.7 Å². The van der Waals surface area contributed by atoms with Gasteiger partial charge in [-0.1, -0.05) is 60.2 Å². The zero-order chi connectivity index (χ0) is 23.8. The number of para-hydroxylation sites is 5. The average molecular weight is 463 g/mol. The molecule has 4 heteroatoms. The number of imidazole rings is 2. The van der Waals surface area contributed by atoms with Gasteiger partial charge in [0.15, 0.2) is 0 Å². The molecule has 0 aliphatic heterocycles. The van der Waals surface area contributed by atoms with E-state index in [2.05, 4.69) is 130 Å². The van der Waals surface area contributed by atoms with Crippen molar-refractivity contribution in [2.75, 3.05) is 0 Å². The summed E-state index contributed by atoms with van der Waals surface area (Å²) in [4.78, 5) is 5.05. The Bertz CT molecular complexity index is 2100. The first kappa shape index (κ1) is 19.5. The quantitative estimate of drug-likeness (QED) is 0.257. The Morgan fingerprint density at radius 2 is 1.14 bits per heavy atom. The van der Waals surface area contributed by atoms with Crippen molar-refractivity contribution in [3.05, 3.63) is 121 Å². The van der Waals surface area contributed by atoms with Crippen LogP contribution in [0.5, 0.6) is 0 Å².